The van der Waals surface area contributed by atoms with Gasteiger partial charge in [-0.15, -0.1) is 0 Å². The largest absolute Gasteiger partial charge is 0.411 e. The average molecular weight is 209 g/mol. The molecular weight excluding hydrogens is 199 g/mol. The topological polar surface area (TPSA) is 53.1 Å². The van der Waals surface area contributed by atoms with Crippen LogP contribution in [0.5, 0.6) is 0 Å². The molecule has 0 amide bonds. The Balaban J connectivity index is 2.38. The lowest BCUT2D eigenvalue weighted by atomic mass is 10.6. The Labute approximate surface area is 78.5 Å². The van der Waals surface area contributed by atoms with Crippen LogP contribution in [0.25, 0.3) is 0 Å². The third-order valence-electron chi connectivity index (χ3n) is 1.48. The zero-order valence-electron chi connectivity index (χ0n) is 7.29. The summed E-state index contributed by atoms with van der Waals surface area (Å²) in [6.45, 7) is -1.29. The van der Waals surface area contributed by atoms with Crippen molar-refractivity contribution in [1.82, 2.24) is 9.55 Å². The molecule has 0 aliphatic rings. The van der Waals surface area contributed by atoms with E-state index in [1.807, 2.05) is 0 Å². The van der Waals surface area contributed by atoms with Crippen LogP contribution in [0.4, 0.5) is 13.2 Å². The predicted molar refractivity (Wildman–Crippen MR) is 42.1 cm³/mol. The molecule has 0 aliphatic heterocycles. The number of alkyl halides is 3. The molecule has 0 saturated heterocycles. The molecule has 0 aromatic carbocycles. The molecule has 1 aromatic rings. The van der Waals surface area contributed by atoms with Gasteiger partial charge < -0.3 is 15.0 Å². The van der Waals surface area contributed by atoms with E-state index in [0.29, 0.717) is 5.82 Å². The van der Waals surface area contributed by atoms with Gasteiger partial charge in [-0.25, -0.2) is 4.98 Å². The minimum atomic E-state index is -4.30. The van der Waals surface area contributed by atoms with E-state index >= 15 is 0 Å². The SMILES string of the molecule is NCc1nccn1COCC(F)(F)F. The quantitative estimate of drug-likeness (QED) is 0.800. The van der Waals surface area contributed by atoms with Gasteiger partial charge in [-0.05, 0) is 0 Å². The Bertz CT molecular complexity index is 284. The van der Waals surface area contributed by atoms with E-state index in [1.165, 1.54) is 17.0 Å². The van der Waals surface area contributed by atoms with E-state index in [4.69, 9.17) is 5.73 Å². The van der Waals surface area contributed by atoms with E-state index < -0.39 is 12.8 Å². The second-order valence-corrected chi connectivity index (χ2v) is 2.61. The summed E-state index contributed by atoms with van der Waals surface area (Å²) in [7, 11) is 0. The van der Waals surface area contributed by atoms with E-state index in [0.717, 1.165) is 0 Å². The maximum absolute atomic E-state index is 11.7. The van der Waals surface area contributed by atoms with Crippen LogP contribution in [0.3, 0.4) is 0 Å². The third-order valence-corrected chi connectivity index (χ3v) is 1.48. The Hall–Kier alpha value is -1.08. The standard InChI is InChI=1S/C7H10F3N3O/c8-7(9,10)4-14-5-13-2-1-12-6(13)3-11/h1-2H,3-5,11H2. The van der Waals surface area contributed by atoms with Crippen LogP contribution in [-0.4, -0.2) is 22.3 Å². The number of hydrogen-bond donors (Lipinski definition) is 1. The number of hydrogen-bond acceptors (Lipinski definition) is 3. The number of imidazole rings is 1. The first-order chi connectivity index (χ1) is 6.53. The van der Waals surface area contributed by atoms with E-state index in [1.54, 1.807) is 0 Å². The highest BCUT2D eigenvalue weighted by Crippen LogP contribution is 2.14. The van der Waals surface area contributed by atoms with Crippen LogP contribution in [0.1, 0.15) is 5.82 Å². The summed E-state index contributed by atoms with van der Waals surface area (Å²) in [5.74, 6) is 0.493. The van der Waals surface area contributed by atoms with Crippen molar-refractivity contribution in [3.63, 3.8) is 0 Å². The minimum absolute atomic E-state index is 0.169. The van der Waals surface area contributed by atoms with Crippen LogP contribution >= 0.6 is 0 Å². The maximum Gasteiger partial charge on any atom is 0.411 e. The summed E-state index contributed by atoms with van der Waals surface area (Å²) in [5.41, 5.74) is 5.29. The highest BCUT2D eigenvalue weighted by molar-refractivity contribution is 4.90. The van der Waals surface area contributed by atoms with Gasteiger partial charge in [-0.2, -0.15) is 13.2 Å². The Kier molecular flexibility index (Phi) is 3.48. The lowest BCUT2D eigenvalue weighted by Gasteiger charge is -2.09. The van der Waals surface area contributed by atoms with Crippen molar-refractivity contribution in [1.29, 1.82) is 0 Å². The Morgan fingerprint density at radius 2 is 2.21 bits per heavy atom. The fourth-order valence-electron chi connectivity index (χ4n) is 0.907. The van der Waals surface area contributed by atoms with Crippen molar-refractivity contribution in [3.8, 4) is 0 Å². The summed E-state index contributed by atoms with van der Waals surface area (Å²) in [4.78, 5) is 3.83. The zero-order valence-corrected chi connectivity index (χ0v) is 7.29. The molecule has 14 heavy (non-hydrogen) atoms. The molecule has 0 unspecified atom stereocenters. The normalized spacial score (nSPS) is 12.0. The first-order valence-corrected chi connectivity index (χ1v) is 3.87. The molecule has 0 atom stereocenters. The number of rotatable bonds is 4. The van der Waals surface area contributed by atoms with Gasteiger partial charge in [0.25, 0.3) is 0 Å². The van der Waals surface area contributed by atoms with Gasteiger partial charge in [-0.3, -0.25) is 0 Å². The lowest BCUT2D eigenvalue weighted by molar-refractivity contribution is -0.182. The van der Waals surface area contributed by atoms with Crippen molar-refractivity contribution < 1.29 is 17.9 Å². The molecule has 1 aromatic heterocycles. The van der Waals surface area contributed by atoms with Gasteiger partial charge in [-0.1, -0.05) is 0 Å². The molecule has 0 radical (unpaired) electrons. The first kappa shape index (κ1) is 11.0. The second-order valence-electron chi connectivity index (χ2n) is 2.61. The highest BCUT2D eigenvalue weighted by Gasteiger charge is 2.27. The molecule has 0 fully saturated rings. The lowest BCUT2D eigenvalue weighted by Crippen LogP contribution is -2.19. The summed E-state index contributed by atoms with van der Waals surface area (Å²) < 4.78 is 40.9. The molecule has 4 nitrogen and oxygen atoms in total. The molecule has 1 heterocycles. The molecule has 0 spiro atoms. The van der Waals surface area contributed by atoms with E-state index in [-0.39, 0.29) is 13.3 Å². The van der Waals surface area contributed by atoms with Gasteiger partial charge in [0.2, 0.25) is 0 Å². The molecular formula is C7H10F3N3O. The summed E-state index contributed by atoms with van der Waals surface area (Å²) >= 11 is 0. The highest BCUT2D eigenvalue weighted by atomic mass is 19.4. The molecule has 0 saturated carbocycles. The monoisotopic (exact) mass is 209 g/mol. The number of halogens is 3. The Morgan fingerprint density at radius 1 is 1.50 bits per heavy atom. The maximum atomic E-state index is 11.7. The number of nitrogens with two attached hydrogens (primary N) is 1. The third kappa shape index (κ3) is 3.35. The van der Waals surface area contributed by atoms with Crippen LogP contribution in [0.2, 0.25) is 0 Å². The van der Waals surface area contributed by atoms with Crippen molar-refractivity contribution >= 4 is 0 Å². The smallest absolute Gasteiger partial charge is 0.351 e. The molecule has 2 N–H and O–H groups in total. The second kappa shape index (κ2) is 4.43. The molecule has 0 bridgehead atoms. The van der Waals surface area contributed by atoms with Crippen molar-refractivity contribution in [2.45, 2.75) is 19.5 Å². The van der Waals surface area contributed by atoms with Gasteiger partial charge >= 0.3 is 6.18 Å². The molecule has 0 aliphatic carbocycles. The van der Waals surface area contributed by atoms with E-state index in [9.17, 15) is 13.2 Å². The Morgan fingerprint density at radius 3 is 2.79 bits per heavy atom. The van der Waals surface area contributed by atoms with Crippen LogP contribution in [0.15, 0.2) is 12.4 Å². The summed E-state index contributed by atoms with van der Waals surface area (Å²) in [6.07, 6.45) is -1.33. The number of aromatic nitrogens is 2. The minimum Gasteiger partial charge on any atom is -0.351 e. The van der Waals surface area contributed by atoms with Crippen molar-refractivity contribution in [2.24, 2.45) is 5.73 Å². The van der Waals surface area contributed by atoms with Gasteiger partial charge in [0.05, 0.1) is 6.54 Å². The van der Waals surface area contributed by atoms with Gasteiger partial charge in [0.15, 0.2) is 0 Å². The summed E-state index contributed by atoms with van der Waals surface area (Å²) in [6, 6.07) is 0. The summed E-state index contributed by atoms with van der Waals surface area (Å²) in [5, 5.41) is 0. The van der Waals surface area contributed by atoms with Crippen LogP contribution < -0.4 is 5.73 Å². The number of ether oxygens (including phenoxy) is 1. The van der Waals surface area contributed by atoms with E-state index in [2.05, 4.69) is 9.72 Å². The fraction of sp³-hybridized carbons (Fsp3) is 0.571. The van der Waals surface area contributed by atoms with Gasteiger partial charge in [0.1, 0.15) is 19.2 Å². The molecule has 80 valence electrons. The molecule has 7 heteroatoms. The van der Waals surface area contributed by atoms with Crippen LogP contribution in [-0.2, 0) is 18.0 Å². The number of nitrogens with zero attached hydrogens (tertiary/aromatic N) is 2. The molecule has 1 rings (SSSR count). The average Bonchev–Trinajstić information content (AvgIpc) is 2.49. The van der Waals surface area contributed by atoms with Gasteiger partial charge in [0, 0.05) is 12.4 Å². The van der Waals surface area contributed by atoms with Crippen LogP contribution in [0, 0.1) is 0 Å². The van der Waals surface area contributed by atoms with Crippen molar-refractivity contribution in [3.05, 3.63) is 18.2 Å². The first-order valence-electron chi connectivity index (χ1n) is 3.87. The predicted octanol–water partition coefficient (Wildman–Crippen LogP) is 0.878. The zero-order chi connectivity index (χ0) is 10.6. The fourth-order valence-corrected chi connectivity index (χ4v) is 0.907. The van der Waals surface area contributed by atoms with Crippen molar-refractivity contribution in [2.75, 3.05) is 6.61 Å².